The number of carbonyl (C=O) groups excluding carboxylic acids is 1. The molecule has 146 valence electrons. The average molecular weight is 468 g/mol. The second-order valence-corrected chi connectivity index (χ2v) is 11.0. The zero-order chi connectivity index (χ0) is 19.8. The van der Waals surface area contributed by atoms with E-state index >= 15 is 0 Å². The highest BCUT2D eigenvalue weighted by Crippen LogP contribution is 2.33. The van der Waals surface area contributed by atoms with Gasteiger partial charge in [0.1, 0.15) is 4.21 Å². The van der Waals surface area contributed by atoms with E-state index in [9.17, 15) is 13.2 Å². The molecule has 0 saturated carbocycles. The summed E-state index contributed by atoms with van der Waals surface area (Å²) in [7, 11) is -3.59. The Morgan fingerprint density at radius 3 is 2.56 bits per heavy atom. The summed E-state index contributed by atoms with van der Waals surface area (Å²) < 4.78 is 27.3. The van der Waals surface area contributed by atoms with E-state index in [1.807, 2.05) is 6.92 Å². The smallest absolute Gasteiger partial charge is 0.252 e. The molecule has 1 aliphatic rings. The molecule has 5 nitrogen and oxygen atoms in total. The van der Waals surface area contributed by atoms with Crippen LogP contribution in [0, 0.1) is 12.8 Å². The largest absolute Gasteiger partial charge is 0.324 e. The number of hydrogen-bond acceptors (Lipinski definition) is 4. The van der Waals surface area contributed by atoms with Gasteiger partial charge in [-0.2, -0.15) is 4.31 Å². The monoisotopic (exact) mass is 466 g/mol. The summed E-state index contributed by atoms with van der Waals surface area (Å²) >= 11 is 19.2. The topological polar surface area (TPSA) is 66.5 Å². The van der Waals surface area contributed by atoms with E-state index in [1.165, 1.54) is 27.8 Å². The predicted octanol–water partition coefficient (Wildman–Crippen LogP) is 5.06. The first kappa shape index (κ1) is 20.9. The summed E-state index contributed by atoms with van der Waals surface area (Å²) in [5.74, 6) is -0.766. The molecule has 1 aromatic heterocycles. The molecule has 2 heterocycles. The van der Waals surface area contributed by atoms with Gasteiger partial charge in [0.2, 0.25) is 5.91 Å². The number of benzene rings is 1. The Balaban J connectivity index is 1.74. The Kier molecular flexibility index (Phi) is 6.40. The molecule has 1 saturated heterocycles. The lowest BCUT2D eigenvalue weighted by Gasteiger charge is -2.30. The van der Waals surface area contributed by atoms with Gasteiger partial charge in [0.25, 0.3) is 10.0 Å². The lowest BCUT2D eigenvalue weighted by atomic mass is 9.98. The zero-order valence-electron chi connectivity index (χ0n) is 14.3. The number of nitrogens with zero attached hydrogens (tertiary/aromatic N) is 1. The van der Waals surface area contributed by atoms with Crippen molar-refractivity contribution in [3.63, 3.8) is 0 Å². The summed E-state index contributed by atoms with van der Waals surface area (Å²) in [5.41, 5.74) is 0.352. The maximum absolute atomic E-state index is 12.8. The molecule has 1 aromatic carbocycles. The number of sulfonamides is 1. The highest BCUT2D eigenvalue weighted by atomic mass is 35.5. The Labute approximate surface area is 177 Å². The maximum atomic E-state index is 12.8. The van der Waals surface area contributed by atoms with Crippen LogP contribution in [0.3, 0.4) is 0 Å². The lowest BCUT2D eigenvalue weighted by molar-refractivity contribution is -0.120. The standard InChI is InChI=1S/C17H17Cl3N2O3S2/c1-10-4-5-16(26-10)27(24,25)22-6-2-3-11(9-22)17(23)21-15-8-13(19)12(18)7-14(15)20/h4-5,7-8,11H,2-3,6,9H2,1H3,(H,21,23). The van der Waals surface area contributed by atoms with Crippen LogP contribution in [0.4, 0.5) is 5.69 Å². The van der Waals surface area contributed by atoms with E-state index in [-0.39, 0.29) is 22.5 Å². The predicted molar refractivity (Wildman–Crippen MR) is 111 cm³/mol. The van der Waals surface area contributed by atoms with Crippen LogP contribution < -0.4 is 5.32 Å². The highest BCUT2D eigenvalue weighted by molar-refractivity contribution is 7.91. The summed E-state index contributed by atoms with van der Waals surface area (Å²) in [4.78, 5) is 13.6. The molecule has 1 aliphatic heterocycles. The van der Waals surface area contributed by atoms with E-state index in [1.54, 1.807) is 12.1 Å². The van der Waals surface area contributed by atoms with Crippen LogP contribution in [0.25, 0.3) is 0 Å². The minimum absolute atomic E-state index is 0.129. The average Bonchev–Trinajstić information content (AvgIpc) is 3.07. The van der Waals surface area contributed by atoms with E-state index in [4.69, 9.17) is 34.8 Å². The molecular weight excluding hydrogens is 451 g/mol. The molecule has 1 N–H and O–H groups in total. The van der Waals surface area contributed by atoms with Crippen molar-refractivity contribution in [2.24, 2.45) is 5.92 Å². The van der Waals surface area contributed by atoms with Crippen molar-refractivity contribution >= 4 is 67.8 Å². The molecule has 10 heteroatoms. The molecule has 0 spiro atoms. The normalized spacial score (nSPS) is 18.4. The maximum Gasteiger partial charge on any atom is 0.252 e. The molecule has 0 radical (unpaired) electrons. The molecule has 1 unspecified atom stereocenters. The van der Waals surface area contributed by atoms with Gasteiger partial charge in [-0.3, -0.25) is 4.79 Å². The fourth-order valence-electron chi connectivity index (χ4n) is 2.91. The van der Waals surface area contributed by atoms with Crippen LogP contribution in [-0.4, -0.2) is 31.7 Å². The zero-order valence-corrected chi connectivity index (χ0v) is 18.2. The third-order valence-corrected chi connectivity index (χ3v) is 8.70. The molecule has 3 rings (SSSR count). The summed E-state index contributed by atoms with van der Waals surface area (Å²) in [6.07, 6.45) is 1.21. The fourth-order valence-corrected chi connectivity index (χ4v) is 6.46. The van der Waals surface area contributed by atoms with Crippen LogP contribution in [0.1, 0.15) is 17.7 Å². The second-order valence-electron chi connectivity index (χ2n) is 6.30. The van der Waals surface area contributed by atoms with Crippen LogP contribution in [0.2, 0.25) is 15.1 Å². The Bertz CT molecular complexity index is 976. The molecule has 27 heavy (non-hydrogen) atoms. The number of nitrogens with one attached hydrogen (secondary N) is 1. The first-order valence-electron chi connectivity index (χ1n) is 8.20. The van der Waals surface area contributed by atoms with Gasteiger partial charge >= 0.3 is 0 Å². The van der Waals surface area contributed by atoms with E-state index < -0.39 is 15.9 Å². The molecule has 2 aromatic rings. The first-order chi connectivity index (χ1) is 12.7. The summed E-state index contributed by atoms with van der Waals surface area (Å²) in [5, 5.41) is 3.57. The van der Waals surface area contributed by atoms with E-state index in [0.717, 1.165) is 4.88 Å². The molecule has 0 aliphatic carbocycles. The first-order valence-corrected chi connectivity index (χ1v) is 11.6. The number of thiophene rings is 1. The van der Waals surface area contributed by atoms with Gasteiger partial charge in [-0.15, -0.1) is 11.3 Å². The number of rotatable bonds is 4. The quantitative estimate of drug-likeness (QED) is 0.639. The van der Waals surface area contributed by atoms with Gasteiger partial charge in [0.15, 0.2) is 0 Å². The third kappa shape index (κ3) is 4.60. The van der Waals surface area contributed by atoms with Crippen LogP contribution in [0.5, 0.6) is 0 Å². The van der Waals surface area contributed by atoms with Gasteiger partial charge in [0, 0.05) is 18.0 Å². The molecule has 1 atom stereocenters. The van der Waals surface area contributed by atoms with Gasteiger partial charge in [-0.25, -0.2) is 8.42 Å². The third-order valence-electron chi connectivity index (χ3n) is 4.33. The number of hydrogen-bond donors (Lipinski definition) is 1. The minimum atomic E-state index is -3.59. The van der Waals surface area contributed by atoms with Crippen LogP contribution in [-0.2, 0) is 14.8 Å². The SMILES string of the molecule is Cc1ccc(S(=O)(=O)N2CCCC(C(=O)Nc3cc(Cl)c(Cl)cc3Cl)C2)s1. The fraction of sp³-hybridized carbons (Fsp3) is 0.353. The van der Waals surface area contributed by atoms with Crippen molar-refractivity contribution in [1.29, 1.82) is 0 Å². The number of aryl methyl sites for hydroxylation is 1. The van der Waals surface area contributed by atoms with Crippen molar-refractivity contribution in [3.05, 3.63) is 44.2 Å². The number of anilines is 1. The highest BCUT2D eigenvalue weighted by Gasteiger charge is 2.34. The van der Waals surface area contributed by atoms with Gasteiger partial charge < -0.3 is 5.32 Å². The number of halogens is 3. The van der Waals surface area contributed by atoms with Crippen molar-refractivity contribution in [2.45, 2.75) is 24.0 Å². The number of carbonyl (C=O) groups is 1. The molecule has 1 fully saturated rings. The van der Waals surface area contributed by atoms with Gasteiger partial charge in [-0.1, -0.05) is 34.8 Å². The van der Waals surface area contributed by atoms with Crippen molar-refractivity contribution in [3.8, 4) is 0 Å². The number of piperidine rings is 1. The van der Waals surface area contributed by atoms with E-state index in [2.05, 4.69) is 5.32 Å². The Morgan fingerprint density at radius 1 is 1.19 bits per heavy atom. The molecular formula is C17H17Cl3N2O3S2. The van der Waals surface area contributed by atoms with Crippen LogP contribution in [0.15, 0.2) is 28.5 Å². The summed E-state index contributed by atoms with van der Waals surface area (Å²) in [6.45, 7) is 2.39. The van der Waals surface area contributed by atoms with Crippen molar-refractivity contribution in [2.75, 3.05) is 18.4 Å². The van der Waals surface area contributed by atoms with E-state index in [0.29, 0.717) is 34.3 Å². The Hall–Kier alpha value is -0.830. The second kappa shape index (κ2) is 8.27. The van der Waals surface area contributed by atoms with Crippen molar-refractivity contribution < 1.29 is 13.2 Å². The molecule has 0 bridgehead atoms. The Morgan fingerprint density at radius 2 is 1.89 bits per heavy atom. The summed E-state index contributed by atoms with van der Waals surface area (Å²) in [6, 6.07) is 6.32. The number of amides is 1. The van der Waals surface area contributed by atoms with Gasteiger partial charge in [-0.05, 0) is 44.0 Å². The lowest BCUT2D eigenvalue weighted by Crippen LogP contribution is -2.43. The minimum Gasteiger partial charge on any atom is -0.324 e. The molecule has 1 amide bonds. The van der Waals surface area contributed by atoms with Crippen LogP contribution >= 0.6 is 46.1 Å². The van der Waals surface area contributed by atoms with Gasteiger partial charge in [0.05, 0.1) is 26.7 Å². The van der Waals surface area contributed by atoms with Crippen molar-refractivity contribution in [1.82, 2.24) is 4.31 Å².